The van der Waals surface area contributed by atoms with Gasteiger partial charge in [0.25, 0.3) is 5.78 Å². The highest BCUT2D eigenvalue weighted by Gasteiger charge is 2.00. The van der Waals surface area contributed by atoms with Gasteiger partial charge in [0, 0.05) is 18.9 Å². The summed E-state index contributed by atoms with van der Waals surface area (Å²) < 4.78 is 1.64. The molecule has 0 saturated carbocycles. The summed E-state index contributed by atoms with van der Waals surface area (Å²) in [4.78, 5) is 8.17. The quantitative estimate of drug-likeness (QED) is 0.702. The first-order valence-electron chi connectivity index (χ1n) is 3.81. The van der Waals surface area contributed by atoms with E-state index in [0.29, 0.717) is 11.7 Å². The van der Waals surface area contributed by atoms with Crippen LogP contribution < -0.4 is 5.32 Å². The van der Waals surface area contributed by atoms with E-state index >= 15 is 0 Å². The van der Waals surface area contributed by atoms with Crippen molar-refractivity contribution in [2.24, 2.45) is 0 Å². The highest BCUT2D eigenvalue weighted by Crippen LogP contribution is 2.00. The van der Waals surface area contributed by atoms with Crippen molar-refractivity contribution >= 4 is 11.7 Å². The van der Waals surface area contributed by atoms with Crippen LogP contribution in [0.3, 0.4) is 0 Å². The predicted molar refractivity (Wildman–Crippen MR) is 44.9 cm³/mol. The molecule has 2 heterocycles. The summed E-state index contributed by atoms with van der Waals surface area (Å²) in [5, 5.41) is 7.15. The van der Waals surface area contributed by atoms with Crippen molar-refractivity contribution in [3.05, 3.63) is 18.5 Å². The third-order valence-electron chi connectivity index (χ3n) is 1.45. The second-order valence-electron chi connectivity index (χ2n) is 2.33. The molecule has 0 fully saturated rings. The van der Waals surface area contributed by atoms with Gasteiger partial charge in [0.15, 0.2) is 0 Å². The predicted octanol–water partition coefficient (Wildman–Crippen LogP) is 0.556. The van der Waals surface area contributed by atoms with Crippen LogP contribution in [0.15, 0.2) is 18.5 Å². The Bertz CT molecular complexity index is 347. The van der Waals surface area contributed by atoms with E-state index in [9.17, 15) is 0 Å². The van der Waals surface area contributed by atoms with Crippen LogP contribution >= 0.6 is 0 Å². The Morgan fingerprint density at radius 2 is 2.50 bits per heavy atom. The molecule has 2 aromatic rings. The number of nitrogens with zero attached hydrogens (tertiary/aromatic N) is 4. The van der Waals surface area contributed by atoms with E-state index in [1.165, 1.54) is 0 Å². The third kappa shape index (κ3) is 1.09. The second kappa shape index (κ2) is 2.77. The van der Waals surface area contributed by atoms with Gasteiger partial charge in [-0.05, 0) is 13.0 Å². The molecule has 1 N–H and O–H groups in total. The Hall–Kier alpha value is -1.65. The van der Waals surface area contributed by atoms with Gasteiger partial charge in [-0.2, -0.15) is 4.98 Å². The molecule has 0 spiro atoms. The minimum Gasteiger partial charge on any atom is -0.353 e. The first-order chi connectivity index (χ1) is 5.90. The lowest BCUT2D eigenvalue weighted by Gasteiger charge is -1.90. The van der Waals surface area contributed by atoms with Crippen LogP contribution in [0.2, 0.25) is 0 Å². The Balaban J connectivity index is 2.47. The average Bonchev–Trinajstić information content (AvgIpc) is 2.47. The Morgan fingerprint density at radius 1 is 1.58 bits per heavy atom. The third-order valence-corrected chi connectivity index (χ3v) is 1.45. The molecule has 0 radical (unpaired) electrons. The molecule has 0 aliphatic heterocycles. The van der Waals surface area contributed by atoms with Crippen LogP contribution in [0.5, 0.6) is 0 Å². The molecule has 0 unspecified atom stereocenters. The van der Waals surface area contributed by atoms with Crippen LogP contribution in [-0.2, 0) is 0 Å². The fourth-order valence-corrected chi connectivity index (χ4v) is 0.966. The first-order valence-corrected chi connectivity index (χ1v) is 3.81. The summed E-state index contributed by atoms with van der Waals surface area (Å²) in [7, 11) is 0. The molecular weight excluding hydrogens is 154 g/mol. The summed E-state index contributed by atoms with van der Waals surface area (Å²) in [6, 6.07) is 1.82. The van der Waals surface area contributed by atoms with E-state index in [0.717, 1.165) is 6.54 Å². The molecule has 0 aromatic carbocycles. The number of hydrogen-bond acceptors (Lipinski definition) is 4. The largest absolute Gasteiger partial charge is 0.353 e. The van der Waals surface area contributed by atoms with Crippen LogP contribution in [0.4, 0.5) is 5.95 Å². The van der Waals surface area contributed by atoms with Crippen molar-refractivity contribution in [2.75, 3.05) is 11.9 Å². The maximum Gasteiger partial charge on any atom is 0.253 e. The number of fused-ring (bicyclic) bond motifs is 1. The number of aromatic nitrogens is 4. The van der Waals surface area contributed by atoms with Crippen LogP contribution in [-0.4, -0.2) is 26.1 Å². The lowest BCUT2D eigenvalue weighted by atomic mass is 10.7. The van der Waals surface area contributed by atoms with Crippen LogP contribution in [0, 0.1) is 0 Å². The Labute approximate surface area is 69.5 Å². The van der Waals surface area contributed by atoms with E-state index in [1.54, 1.807) is 10.7 Å². The molecule has 0 amide bonds. The first kappa shape index (κ1) is 7.02. The lowest BCUT2D eigenvalue weighted by Crippen LogP contribution is -1.98. The highest BCUT2D eigenvalue weighted by molar-refractivity contribution is 5.35. The van der Waals surface area contributed by atoms with E-state index in [2.05, 4.69) is 20.4 Å². The van der Waals surface area contributed by atoms with Crippen LogP contribution in [0.25, 0.3) is 5.78 Å². The highest BCUT2D eigenvalue weighted by atomic mass is 15.4. The van der Waals surface area contributed by atoms with Gasteiger partial charge in [-0.1, -0.05) is 0 Å². The number of anilines is 1. The molecule has 5 nitrogen and oxygen atoms in total. The van der Waals surface area contributed by atoms with Gasteiger partial charge < -0.3 is 5.32 Å². The fourth-order valence-electron chi connectivity index (χ4n) is 0.966. The molecule has 12 heavy (non-hydrogen) atoms. The van der Waals surface area contributed by atoms with Gasteiger partial charge in [0.05, 0.1) is 0 Å². The van der Waals surface area contributed by atoms with Crippen molar-refractivity contribution in [3.63, 3.8) is 0 Å². The second-order valence-corrected chi connectivity index (χ2v) is 2.33. The van der Waals surface area contributed by atoms with Gasteiger partial charge >= 0.3 is 0 Å². The van der Waals surface area contributed by atoms with Crippen molar-refractivity contribution in [2.45, 2.75) is 6.92 Å². The van der Waals surface area contributed by atoms with Gasteiger partial charge in [-0.15, -0.1) is 5.10 Å². The van der Waals surface area contributed by atoms with Crippen molar-refractivity contribution < 1.29 is 0 Å². The molecule has 62 valence electrons. The van der Waals surface area contributed by atoms with E-state index in [-0.39, 0.29) is 0 Å². The van der Waals surface area contributed by atoms with Crippen molar-refractivity contribution in [3.8, 4) is 0 Å². The minimum atomic E-state index is 0.619. The molecule has 0 bridgehead atoms. The van der Waals surface area contributed by atoms with E-state index < -0.39 is 0 Å². The Kier molecular flexibility index (Phi) is 1.62. The zero-order valence-corrected chi connectivity index (χ0v) is 6.73. The Morgan fingerprint density at radius 3 is 3.25 bits per heavy atom. The molecular formula is C7H9N5. The van der Waals surface area contributed by atoms with Crippen molar-refractivity contribution in [1.82, 2.24) is 19.6 Å². The van der Waals surface area contributed by atoms with Gasteiger partial charge in [0.2, 0.25) is 5.95 Å². The zero-order chi connectivity index (χ0) is 8.39. The van der Waals surface area contributed by atoms with E-state index in [1.807, 2.05) is 19.2 Å². The molecule has 2 aromatic heterocycles. The molecule has 5 heteroatoms. The summed E-state index contributed by atoms with van der Waals surface area (Å²) in [6.45, 7) is 2.82. The monoisotopic (exact) mass is 163 g/mol. The fraction of sp³-hybridized carbons (Fsp3) is 0.286. The topological polar surface area (TPSA) is 55.1 Å². The molecule has 0 atom stereocenters. The molecule has 0 aliphatic rings. The number of nitrogens with one attached hydrogen (secondary N) is 1. The normalized spacial score (nSPS) is 10.4. The number of hydrogen-bond donors (Lipinski definition) is 1. The lowest BCUT2D eigenvalue weighted by molar-refractivity contribution is 0.935. The molecule has 0 saturated heterocycles. The summed E-state index contributed by atoms with van der Waals surface area (Å²) in [6.07, 6.45) is 3.51. The summed E-state index contributed by atoms with van der Waals surface area (Å²) in [5.74, 6) is 1.24. The molecule has 2 rings (SSSR count). The van der Waals surface area contributed by atoms with E-state index in [4.69, 9.17) is 0 Å². The molecule has 0 aliphatic carbocycles. The SMILES string of the molecule is CCNc1nc2ncccn2n1. The zero-order valence-electron chi connectivity index (χ0n) is 6.73. The maximum absolute atomic E-state index is 4.13. The smallest absolute Gasteiger partial charge is 0.253 e. The standard InChI is InChI=1S/C7H9N5/c1-2-8-6-10-7-9-4-3-5-12(7)11-6/h3-5H,2H2,1H3,(H,8,11). The van der Waals surface area contributed by atoms with Crippen LogP contribution in [0.1, 0.15) is 6.92 Å². The minimum absolute atomic E-state index is 0.619. The summed E-state index contributed by atoms with van der Waals surface area (Å²) in [5.41, 5.74) is 0. The number of rotatable bonds is 2. The van der Waals surface area contributed by atoms with Gasteiger partial charge in [-0.25, -0.2) is 9.50 Å². The average molecular weight is 163 g/mol. The van der Waals surface area contributed by atoms with Gasteiger partial charge in [0.1, 0.15) is 0 Å². The van der Waals surface area contributed by atoms with Crippen molar-refractivity contribution in [1.29, 1.82) is 0 Å². The van der Waals surface area contributed by atoms with Gasteiger partial charge in [-0.3, -0.25) is 0 Å². The summed E-state index contributed by atoms with van der Waals surface area (Å²) >= 11 is 0. The maximum atomic E-state index is 4.13.